The predicted molar refractivity (Wildman–Crippen MR) is 51.2 cm³/mol. The van der Waals surface area contributed by atoms with E-state index in [0.29, 0.717) is 5.75 Å². The maximum Gasteiger partial charge on any atom is 0.157 e. The van der Waals surface area contributed by atoms with E-state index in [1.54, 1.807) is 12.1 Å². The van der Waals surface area contributed by atoms with E-state index in [9.17, 15) is 8.42 Å². The van der Waals surface area contributed by atoms with Crippen LogP contribution in [0.5, 0.6) is 11.5 Å². The van der Waals surface area contributed by atoms with Crippen LogP contribution in [0.15, 0.2) is 24.3 Å². The molecular weight excluding hydrogens is 204 g/mol. The van der Waals surface area contributed by atoms with Crippen LogP contribution in [-0.4, -0.2) is 31.1 Å². The molecule has 2 rings (SSSR count). The second-order valence-electron chi connectivity index (χ2n) is 3.31. The molecule has 1 aliphatic rings. The molecule has 0 saturated carbocycles. The maximum atomic E-state index is 10.8. The third-order valence-corrected chi connectivity index (χ3v) is 3.78. The van der Waals surface area contributed by atoms with Crippen molar-refractivity contribution in [2.24, 2.45) is 0 Å². The van der Waals surface area contributed by atoms with Crippen molar-refractivity contribution in [3.8, 4) is 11.5 Å². The number of phenols is 1. The van der Waals surface area contributed by atoms with Gasteiger partial charge in [-0.25, -0.2) is 8.42 Å². The number of rotatable bonds is 2. The molecule has 1 aromatic carbocycles. The molecule has 1 aromatic rings. The number of benzene rings is 1. The number of sulfone groups is 1. The smallest absolute Gasteiger partial charge is 0.157 e. The number of aromatic hydroxyl groups is 1. The zero-order valence-electron chi connectivity index (χ0n) is 7.38. The molecule has 0 aliphatic carbocycles. The van der Waals surface area contributed by atoms with Crippen molar-refractivity contribution in [3.05, 3.63) is 24.3 Å². The van der Waals surface area contributed by atoms with Gasteiger partial charge >= 0.3 is 0 Å². The van der Waals surface area contributed by atoms with Crippen LogP contribution in [-0.2, 0) is 9.84 Å². The minimum absolute atomic E-state index is 0.0911. The highest BCUT2D eigenvalue weighted by Gasteiger charge is 2.35. The molecule has 0 aromatic heterocycles. The third kappa shape index (κ3) is 1.98. The number of hydrogen-bond acceptors (Lipinski definition) is 4. The van der Waals surface area contributed by atoms with Gasteiger partial charge in [-0.1, -0.05) is 0 Å². The van der Waals surface area contributed by atoms with Gasteiger partial charge in [-0.05, 0) is 24.3 Å². The SMILES string of the molecule is O=S1(=O)CC(Oc2ccc(O)cc2)C1. The van der Waals surface area contributed by atoms with Crippen molar-refractivity contribution in [2.75, 3.05) is 11.5 Å². The standard InChI is InChI=1S/C9H10O4S/c10-7-1-3-8(4-2-7)13-9-5-14(11,12)6-9/h1-4,9-10H,5-6H2. The summed E-state index contributed by atoms with van der Waals surface area (Å²) in [5, 5.41) is 8.99. The highest BCUT2D eigenvalue weighted by molar-refractivity contribution is 7.92. The van der Waals surface area contributed by atoms with Crippen LogP contribution in [0.2, 0.25) is 0 Å². The first-order chi connectivity index (χ1) is 6.55. The van der Waals surface area contributed by atoms with Crippen LogP contribution < -0.4 is 4.74 Å². The molecule has 0 unspecified atom stereocenters. The molecule has 1 aliphatic heterocycles. The number of phenolic OH excluding ortho intramolecular Hbond substituents is 1. The molecule has 0 amide bonds. The quantitative estimate of drug-likeness (QED) is 0.781. The van der Waals surface area contributed by atoms with E-state index < -0.39 is 9.84 Å². The van der Waals surface area contributed by atoms with Crippen LogP contribution in [0, 0.1) is 0 Å². The van der Waals surface area contributed by atoms with Crippen LogP contribution in [0.25, 0.3) is 0 Å². The Morgan fingerprint density at radius 3 is 2.29 bits per heavy atom. The summed E-state index contributed by atoms with van der Waals surface area (Å²) < 4.78 is 27.0. The van der Waals surface area contributed by atoms with Crippen LogP contribution in [0.3, 0.4) is 0 Å². The largest absolute Gasteiger partial charge is 0.508 e. The van der Waals surface area contributed by atoms with E-state index in [4.69, 9.17) is 9.84 Å². The summed E-state index contributed by atoms with van der Waals surface area (Å²) in [5.74, 6) is 0.933. The van der Waals surface area contributed by atoms with Gasteiger partial charge in [0.25, 0.3) is 0 Å². The monoisotopic (exact) mass is 214 g/mol. The Morgan fingerprint density at radius 1 is 1.21 bits per heavy atom. The average molecular weight is 214 g/mol. The first-order valence-electron chi connectivity index (χ1n) is 4.21. The van der Waals surface area contributed by atoms with E-state index in [2.05, 4.69) is 0 Å². The van der Waals surface area contributed by atoms with Gasteiger partial charge in [-0.2, -0.15) is 0 Å². The Bertz CT molecular complexity index is 409. The van der Waals surface area contributed by atoms with Crippen molar-refractivity contribution in [1.29, 1.82) is 0 Å². The molecule has 5 heteroatoms. The molecule has 0 radical (unpaired) electrons. The summed E-state index contributed by atoms with van der Waals surface area (Å²) in [6.07, 6.45) is -0.232. The van der Waals surface area contributed by atoms with Crippen molar-refractivity contribution in [1.82, 2.24) is 0 Å². The predicted octanol–water partition coefficient (Wildman–Crippen LogP) is 0.568. The molecule has 1 saturated heterocycles. The number of hydrogen-bond donors (Lipinski definition) is 1. The second-order valence-corrected chi connectivity index (χ2v) is 5.46. The van der Waals surface area contributed by atoms with Gasteiger partial charge in [0, 0.05) is 0 Å². The van der Waals surface area contributed by atoms with E-state index in [-0.39, 0.29) is 23.4 Å². The molecule has 0 spiro atoms. The van der Waals surface area contributed by atoms with Gasteiger partial charge in [-0.3, -0.25) is 0 Å². The van der Waals surface area contributed by atoms with Crippen molar-refractivity contribution in [3.63, 3.8) is 0 Å². The molecule has 0 bridgehead atoms. The lowest BCUT2D eigenvalue weighted by atomic mass is 10.3. The fourth-order valence-electron chi connectivity index (χ4n) is 1.30. The highest BCUT2D eigenvalue weighted by Crippen LogP contribution is 2.21. The van der Waals surface area contributed by atoms with E-state index >= 15 is 0 Å². The first kappa shape index (κ1) is 9.33. The zero-order chi connectivity index (χ0) is 10.2. The fraction of sp³-hybridized carbons (Fsp3) is 0.333. The van der Waals surface area contributed by atoms with E-state index in [0.717, 1.165) is 0 Å². The molecule has 76 valence electrons. The Morgan fingerprint density at radius 2 is 1.79 bits per heavy atom. The summed E-state index contributed by atoms with van der Waals surface area (Å²) in [5.41, 5.74) is 0. The minimum Gasteiger partial charge on any atom is -0.508 e. The van der Waals surface area contributed by atoms with Crippen LogP contribution in [0.4, 0.5) is 0 Å². The third-order valence-electron chi connectivity index (χ3n) is 2.02. The molecule has 1 fully saturated rings. The van der Waals surface area contributed by atoms with Crippen LogP contribution >= 0.6 is 0 Å². The lowest BCUT2D eigenvalue weighted by Gasteiger charge is -2.26. The summed E-state index contributed by atoms with van der Waals surface area (Å²) in [4.78, 5) is 0. The Labute approximate surface area is 82.1 Å². The molecule has 4 nitrogen and oxygen atoms in total. The second kappa shape index (κ2) is 3.16. The Balaban J connectivity index is 1.97. The molecule has 1 heterocycles. The maximum absolute atomic E-state index is 10.8. The summed E-state index contributed by atoms with van der Waals surface area (Å²) in [6.45, 7) is 0. The van der Waals surface area contributed by atoms with Gasteiger partial charge in [0.1, 0.15) is 17.6 Å². The summed E-state index contributed by atoms with van der Waals surface area (Å²) in [7, 11) is -2.83. The molecule has 1 N–H and O–H groups in total. The first-order valence-corrected chi connectivity index (χ1v) is 6.03. The lowest BCUT2D eigenvalue weighted by molar-refractivity contribution is 0.230. The normalized spacial score (nSPS) is 20.0. The topological polar surface area (TPSA) is 63.6 Å². The van der Waals surface area contributed by atoms with E-state index in [1.807, 2.05) is 0 Å². The average Bonchev–Trinajstić information content (AvgIpc) is 2.06. The summed E-state index contributed by atoms with van der Waals surface area (Å²) >= 11 is 0. The van der Waals surface area contributed by atoms with Gasteiger partial charge in [0.2, 0.25) is 0 Å². The van der Waals surface area contributed by atoms with E-state index in [1.165, 1.54) is 12.1 Å². The van der Waals surface area contributed by atoms with Gasteiger partial charge in [0.15, 0.2) is 9.84 Å². The minimum atomic E-state index is -2.83. The highest BCUT2D eigenvalue weighted by atomic mass is 32.2. The van der Waals surface area contributed by atoms with Crippen LogP contribution in [0.1, 0.15) is 0 Å². The van der Waals surface area contributed by atoms with Gasteiger partial charge in [-0.15, -0.1) is 0 Å². The zero-order valence-corrected chi connectivity index (χ0v) is 8.20. The molecule has 14 heavy (non-hydrogen) atoms. The van der Waals surface area contributed by atoms with Crippen molar-refractivity contribution < 1.29 is 18.3 Å². The Kier molecular flexibility index (Phi) is 2.11. The fourth-order valence-corrected chi connectivity index (χ4v) is 2.47. The number of ether oxygens (including phenoxy) is 1. The van der Waals surface area contributed by atoms with Gasteiger partial charge < -0.3 is 9.84 Å². The van der Waals surface area contributed by atoms with Gasteiger partial charge in [0.05, 0.1) is 11.5 Å². The Hall–Kier alpha value is -1.23. The molecular formula is C9H10O4S. The summed E-state index contributed by atoms with van der Waals surface area (Å²) in [6, 6.07) is 6.23. The van der Waals surface area contributed by atoms with Crippen molar-refractivity contribution in [2.45, 2.75) is 6.10 Å². The van der Waals surface area contributed by atoms with Crippen molar-refractivity contribution >= 4 is 9.84 Å². The molecule has 0 atom stereocenters. The lowest BCUT2D eigenvalue weighted by Crippen LogP contribution is -2.45.